The Morgan fingerprint density at radius 3 is 1.16 bits per heavy atom. The van der Waals surface area contributed by atoms with Gasteiger partial charge in [0.25, 0.3) is 8.32 Å². The summed E-state index contributed by atoms with van der Waals surface area (Å²) in [6, 6.07) is 23.8. The van der Waals surface area contributed by atoms with Crippen LogP contribution >= 0.6 is 0 Å². The SMILES string of the molecule is C=CC(=O)OCCO[Si](C)(CC[Si](C)(C)OC(C)(C)[Si](OC(C)(C)C(C)[Si](C)(C)OC(C)[Si](C)(C)CC[Si](C)(OCCOC(=O)C=C)OCCOC(=O)C=C)(c1ccccc1)c1ccccc1)OCCOC(=O)C=C. The molecular weight excluding hydrogens is 1060 g/mol. The highest BCUT2D eigenvalue weighted by Gasteiger charge is 2.60. The summed E-state index contributed by atoms with van der Waals surface area (Å²) in [4.78, 5) is 47.0. The molecule has 0 aliphatic rings. The number of esters is 4. The number of rotatable bonds is 38. The van der Waals surface area contributed by atoms with E-state index in [0.29, 0.717) is 18.1 Å². The molecule has 0 radical (unpaired) electrons. The van der Waals surface area contributed by atoms with Gasteiger partial charge in [-0.2, -0.15) is 0 Å². The molecule has 2 aromatic carbocycles. The first-order chi connectivity index (χ1) is 34.9. The molecule has 0 aromatic heterocycles. The van der Waals surface area contributed by atoms with Gasteiger partial charge in [0.2, 0.25) is 0 Å². The lowest BCUT2D eigenvalue weighted by molar-refractivity contribution is -0.140. The number of benzene rings is 2. The van der Waals surface area contributed by atoms with Gasteiger partial charge in [-0.1, -0.05) is 113 Å². The van der Waals surface area contributed by atoms with E-state index < -0.39 is 84.9 Å². The summed E-state index contributed by atoms with van der Waals surface area (Å²) < 4.78 is 69.4. The largest absolute Gasteiger partial charge is 0.460 e. The van der Waals surface area contributed by atoms with Gasteiger partial charge in [0, 0.05) is 35.6 Å². The molecule has 0 fully saturated rings. The highest BCUT2D eigenvalue weighted by molar-refractivity contribution is 7.00. The van der Waals surface area contributed by atoms with Crippen LogP contribution in [0.5, 0.6) is 0 Å². The van der Waals surface area contributed by atoms with Crippen LogP contribution in [0.1, 0.15) is 41.5 Å². The maximum Gasteiger partial charge on any atom is 0.334 e. The van der Waals surface area contributed by atoms with Crippen molar-refractivity contribution in [2.45, 2.75) is 140 Å². The molecule has 75 heavy (non-hydrogen) atoms. The van der Waals surface area contributed by atoms with Crippen molar-refractivity contribution in [1.29, 1.82) is 0 Å². The fourth-order valence-corrected chi connectivity index (χ4v) is 33.2. The van der Waals surface area contributed by atoms with Crippen molar-refractivity contribution in [2.75, 3.05) is 52.9 Å². The molecule has 2 atom stereocenters. The number of hydrogen-bond donors (Lipinski definition) is 0. The molecule has 0 saturated carbocycles. The Kier molecular flexibility index (Phi) is 27.4. The number of ether oxygens (including phenoxy) is 4. The van der Waals surface area contributed by atoms with Gasteiger partial charge in [-0.3, -0.25) is 0 Å². The average Bonchev–Trinajstić information content (AvgIpc) is 3.36. The Morgan fingerprint density at radius 1 is 0.493 bits per heavy atom. The Bertz CT molecular complexity index is 2060. The smallest absolute Gasteiger partial charge is 0.334 e. The van der Waals surface area contributed by atoms with Crippen LogP contribution < -0.4 is 10.4 Å². The normalized spacial score (nSPS) is 13.7. The summed E-state index contributed by atoms with van der Waals surface area (Å²) in [6.07, 6.45) is 4.45. The highest BCUT2D eigenvalue weighted by atomic mass is 28.4. The maximum absolute atomic E-state index is 11.8. The molecule has 2 unspecified atom stereocenters. The van der Waals surface area contributed by atoms with E-state index in [1.807, 2.05) is 25.2 Å². The van der Waals surface area contributed by atoms with Crippen LogP contribution in [-0.2, 0) is 69.1 Å². The molecule has 0 N–H and O–H groups in total. The van der Waals surface area contributed by atoms with Gasteiger partial charge in [0.1, 0.15) is 26.4 Å². The second-order valence-corrected chi connectivity index (χ2v) is 46.2. The van der Waals surface area contributed by atoms with Crippen molar-refractivity contribution in [2.24, 2.45) is 0 Å². The standard InChI is InChI=1S/C54H90O15Si6/c1-19-49(55)59-33-37-63-73(17,64-38-34-60-50(56)20-2)43-41-70(11,12)46(6)67-72(15,16)45(5)53(7,8)68-75(47-29-25-23-26-30-47,48-31-27-24-28-32-48)54(9,10)69-71(13,14)42-44-74(18,65-39-35-61-51(57)21-3)66-40-36-62-52(58)22-4/h19-32,45-46H,1-4,33-44H2,5-18H3. The molecular formula is C54H90O15Si6. The van der Waals surface area contributed by atoms with Gasteiger partial charge in [-0.15, -0.1) is 0 Å². The fraction of sp³-hybridized carbons (Fsp3) is 0.556. The van der Waals surface area contributed by atoms with Crippen molar-refractivity contribution in [3.8, 4) is 0 Å². The topological polar surface area (TPSA) is 170 Å². The van der Waals surface area contributed by atoms with Gasteiger partial charge in [0.05, 0.1) is 45.3 Å². The van der Waals surface area contributed by atoms with Gasteiger partial charge in [-0.05, 0) is 102 Å². The number of carbonyl (C=O) groups is 4. The number of hydrogen-bond acceptors (Lipinski definition) is 15. The molecule has 0 spiro atoms. The quantitative estimate of drug-likeness (QED) is 0.0205. The van der Waals surface area contributed by atoms with Crippen molar-refractivity contribution in [1.82, 2.24) is 0 Å². The van der Waals surface area contributed by atoms with E-state index in [1.165, 1.54) is 0 Å². The highest BCUT2D eigenvalue weighted by Crippen LogP contribution is 2.43. The van der Waals surface area contributed by atoms with Crippen LogP contribution in [0.2, 0.25) is 82.1 Å². The minimum Gasteiger partial charge on any atom is -0.460 e. The first-order valence-corrected chi connectivity index (χ1v) is 42.2. The third-order valence-electron chi connectivity index (χ3n) is 13.8. The summed E-state index contributed by atoms with van der Waals surface area (Å²) in [5.74, 6) is -2.13. The van der Waals surface area contributed by atoms with Gasteiger partial charge < -0.3 is 49.9 Å². The molecule has 15 nitrogen and oxygen atoms in total. The molecule has 0 aliphatic carbocycles. The molecule has 0 amide bonds. The zero-order valence-electron chi connectivity index (χ0n) is 47.7. The van der Waals surface area contributed by atoms with Crippen LogP contribution in [-0.4, -0.2) is 143 Å². The lowest BCUT2D eigenvalue weighted by Gasteiger charge is -2.54. The molecule has 2 rings (SSSR count). The van der Waals surface area contributed by atoms with E-state index in [9.17, 15) is 19.2 Å². The maximum atomic E-state index is 11.8. The van der Waals surface area contributed by atoms with Crippen molar-refractivity contribution in [3.05, 3.63) is 111 Å². The molecule has 0 bridgehead atoms. The zero-order chi connectivity index (χ0) is 56.8. The van der Waals surface area contributed by atoms with E-state index in [-0.39, 0.29) is 64.1 Å². The third-order valence-corrected chi connectivity index (χ3v) is 35.9. The fourth-order valence-electron chi connectivity index (χ4n) is 8.79. The monoisotopic (exact) mass is 1150 g/mol. The second kappa shape index (κ2) is 30.4. The Balaban J connectivity index is 2.52. The van der Waals surface area contributed by atoms with Crippen LogP contribution in [0.3, 0.4) is 0 Å². The van der Waals surface area contributed by atoms with E-state index in [0.717, 1.165) is 40.7 Å². The van der Waals surface area contributed by atoms with Crippen molar-refractivity contribution in [3.63, 3.8) is 0 Å². The minimum absolute atomic E-state index is 0.0158. The third kappa shape index (κ3) is 21.9. The van der Waals surface area contributed by atoms with Gasteiger partial charge >= 0.3 is 41.0 Å². The second-order valence-electron chi connectivity index (χ2n) is 21.7. The summed E-state index contributed by atoms with van der Waals surface area (Å²) >= 11 is 0. The Hall–Kier alpha value is -3.70. The molecule has 0 aliphatic heterocycles. The lowest BCUT2D eigenvalue weighted by Crippen LogP contribution is -2.77. The van der Waals surface area contributed by atoms with E-state index in [2.05, 4.69) is 156 Å². The van der Waals surface area contributed by atoms with E-state index in [1.54, 1.807) is 0 Å². The van der Waals surface area contributed by atoms with Crippen LogP contribution in [0.15, 0.2) is 111 Å². The lowest BCUT2D eigenvalue weighted by atomic mass is 10.1. The van der Waals surface area contributed by atoms with Crippen LogP contribution in [0.25, 0.3) is 0 Å². The molecule has 420 valence electrons. The van der Waals surface area contributed by atoms with Crippen LogP contribution in [0.4, 0.5) is 0 Å². The van der Waals surface area contributed by atoms with Crippen molar-refractivity contribution >= 4 is 84.4 Å². The Morgan fingerprint density at radius 2 is 0.827 bits per heavy atom. The first kappa shape index (κ1) is 67.4. The predicted molar refractivity (Wildman–Crippen MR) is 312 cm³/mol. The van der Waals surface area contributed by atoms with E-state index in [4.69, 9.17) is 49.9 Å². The summed E-state index contributed by atoms with van der Waals surface area (Å²) in [5, 5.41) is 1.32. The zero-order valence-corrected chi connectivity index (χ0v) is 53.7. The summed E-state index contributed by atoms with van der Waals surface area (Å²) in [6.45, 7) is 45.5. The van der Waals surface area contributed by atoms with Gasteiger partial charge in [-0.25, -0.2) is 19.2 Å². The molecule has 21 heteroatoms. The predicted octanol–water partition coefficient (Wildman–Crippen LogP) is 9.46. The number of carbonyl (C=O) groups excluding carboxylic acids is 4. The molecule has 2 aromatic rings. The van der Waals surface area contributed by atoms with E-state index >= 15 is 0 Å². The Labute approximate surface area is 455 Å². The average molecular weight is 1150 g/mol. The van der Waals surface area contributed by atoms with Crippen LogP contribution in [0, 0.1) is 0 Å². The minimum atomic E-state index is -3.44. The summed E-state index contributed by atoms with van der Waals surface area (Å²) in [7, 11) is -16.7. The molecule has 0 heterocycles. The molecule has 0 saturated heterocycles. The van der Waals surface area contributed by atoms with Gasteiger partial charge in [0.15, 0.2) is 16.6 Å². The summed E-state index contributed by atoms with van der Waals surface area (Å²) in [5.41, 5.74) is -0.779. The first-order valence-electron chi connectivity index (χ1n) is 25.8. The van der Waals surface area contributed by atoms with Crippen molar-refractivity contribution < 1.29 is 69.1 Å².